The summed E-state index contributed by atoms with van der Waals surface area (Å²) in [5.41, 5.74) is 1.43. The van der Waals surface area contributed by atoms with Crippen molar-refractivity contribution in [3.8, 4) is 6.07 Å². The van der Waals surface area contributed by atoms with Gasteiger partial charge in [0.2, 0.25) is 5.95 Å². The van der Waals surface area contributed by atoms with E-state index in [9.17, 15) is 19.0 Å². The van der Waals surface area contributed by atoms with Crippen molar-refractivity contribution in [1.29, 1.82) is 5.26 Å². The van der Waals surface area contributed by atoms with Gasteiger partial charge in [-0.3, -0.25) is 9.36 Å². The fourth-order valence-corrected chi connectivity index (χ4v) is 5.18. The summed E-state index contributed by atoms with van der Waals surface area (Å²) in [6, 6.07) is 15.4. The molecule has 0 bridgehead atoms. The number of piperazine rings is 1. The second-order valence-electron chi connectivity index (χ2n) is 8.62. The molecule has 3 heterocycles. The molecule has 0 aliphatic carbocycles. The second-order valence-corrected chi connectivity index (χ2v) is 9.97. The number of halogens is 1. The van der Waals surface area contributed by atoms with Gasteiger partial charge in [0.05, 0.1) is 12.2 Å². The molecule has 1 aliphatic rings. The van der Waals surface area contributed by atoms with Gasteiger partial charge in [-0.2, -0.15) is 10.2 Å². The van der Waals surface area contributed by atoms with Crippen LogP contribution in [0.5, 0.6) is 0 Å². The van der Waals surface area contributed by atoms with Crippen molar-refractivity contribution in [3.05, 3.63) is 82.0 Å². The van der Waals surface area contributed by atoms with E-state index in [1.54, 1.807) is 42.7 Å². The summed E-state index contributed by atoms with van der Waals surface area (Å²) in [4.78, 5) is 24.6. The molecule has 1 unspecified atom stereocenters. The van der Waals surface area contributed by atoms with Crippen molar-refractivity contribution in [3.63, 3.8) is 0 Å². The standard InChI is InChI=1S/C26H24FN7O2S/c1-37(36)23-5-3-2-4-17(23)16-34-24-19(12-18(14-28)25(34)35)15-30-26(32-24)31-20-6-7-22(21(27)13-20)33-10-8-29-9-11-33/h2-7,12-13,15,29H,8-11,16H2,1H3,(H,30,31,32). The summed E-state index contributed by atoms with van der Waals surface area (Å²) in [6.07, 6.45) is 3.08. The number of fused-ring (bicyclic) bond motifs is 1. The van der Waals surface area contributed by atoms with Gasteiger partial charge < -0.3 is 20.1 Å². The fraction of sp³-hybridized carbons (Fsp3) is 0.231. The highest BCUT2D eigenvalue weighted by Gasteiger charge is 2.18. The van der Waals surface area contributed by atoms with Crippen LogP contribution in [0.25, 0.3) is 11.0 Å². The highest BCUT2D eigenvalue weighted by Crippen LogP contribution is 2.25. The minimum atomic E-state index is -1.27. The fourth-order valence-electron chi connectivity index (χ4n) is 4.41. The molecule has 2 aromatic carbocycles. The molecule has 11 heteroatoms. The molecule has 1 fully saturated rings. The molecule has 37 heavy (non-hydrogen) atoms. The third-order valence-electron chi connectivity index (χ3n) is 6.22. The average molecular weight is 518 g/mol. The molecule has 0 amide bonds. The van der Waals surface area contributed by atoms with Gasteiger partial charge in [0.25, 0.3) is 5.56 Å². The van der Waals surface area contributed by atoms with Crippen molar-refractivity contribution in [2.45, 2.75) is 11.4 Å². The van der Waals surface area contributed by atoms with E-state index in [0.29, 0.717) is 32.9 Å². The predicted molar refractivity (Wildman–Crippen MR) is 141 cm³/mol. The number of nitriles is 1. The Labute approximate surface area is 215 Å². The largest absolute Gasteiger partial charge is 0.612 e. The Morgan fingerprint density at radius 2 is 2.00 bits per heavy atom. The van der Waals surface area contributed by atoms with Gasteiger partial charge in [0, 0.05) is 49.0 Å². The Balaban J connectivity index is 1.51. The van der Waals surface area contributed by atoms with Crippen molar-refractivity contribution < 1.29 is 8.94 Å². The molecule has 1 atom stereocenters. The number of hydrogen-bond acceptors (Lipinski definition) is 8. The number of benzene rings is 2. The first-order valence-corrected chi connectivity index (χ1v) is 13.2. The summed E-state index contributed by atoms with van der Waals surface area (Å²) in [5, 5.41) is 16.3. The van der Waals surface area contributed by atoms with Crippen LogP contribution in [-0.2, 0) is 17.7 Å². The molecule has 1 saturated heterocycles. The van der Waals surface area contributed by atoms with Crippen LogP contribution in [0.4, 0.5) is 21.7 Å². The van der Waals surface area contributed by atoms with E-state index in [-0.39, 0.29) is 23.9 Å². The molecule has 188 valence electrons. The lowest BCUT2D eigenvalue weighted by molar-refractivity contribution is 0.566. The molecule has 0 saturated carbocycles. The zero-order valence-corrected chi connectivity index (χ0v) is 20.9. The van der Waals surface area contributed by atoms with Crippen LogP contribution >= 0.6 is 0 Å². The number of nitrogens with one attached hydrogen (secondary N) is 2. The molecular weight excluding hydrogens is 493 g/mol. The maximum absolute atomic E-state index is 14.9. The lowest BCUT2D eigenvalue weighted by Gasteiger charge is -2.29. The first-order valence-electron chi connectivity index (χ1n) is 11.7. The number of anilines is 3. The molecule has 4 aromatic rings. The maximum Gasteiger partial charge on any atom is 0.270 e. The number of nitrogens with zero attached hydrogens (tertiary/aromatic N) is 5. The van der Waals surface area contributed by atoms with Crippen molar-refractivity contribution in [2.75, 3.05) is 42.7 Å². The Bertz CT molecular complexity index is 1560. The van der Waals surface area contributed by atoms with Gasteiger partial charge in [-0.1, -0.05) is 18.2 Å². The first kappa shape index (κ1) is 24.7. The van der Waals surface area contributed by atoms with Crippen LogP contribution in [0, 0.1) is 17.1 Å². The van der Waals surface area contributed by atoms with Gasteiger partial charge in [0.1, 0.15) is 29.4 Å². The van der Waals surface area contributed by atoms with E-state index in [4.69, 9.17) is 0 Å². The molecule has 0 radical (unpaired) electrons. The lowest BCUT2D eigenvalue weighted by atomic mass is 10.2. The molecule has 5 rings (SSSR count). The smallest absolute Gasteiger partial charge is 0.270 e. The minimum absolute atomic E-state index is 0.0440. The molecule has 9 nitrogen and oxygen atoms in total. The zero-order valence-electron chi connectivity index (χ0n) is 20.1. The number of hydrogen-bond donors (Lipinski definition) is 2. The predicted octanol–water partition coefficient (Wildman–Crippen LogP) is 2.74. The van der Waals surface area contributed by atoms with Gasteiger partial charge in [-0.15, -0.1) is 0 Å². The lowest BCUT2D eigenvalue weighted by Crippen LogP contribution is -2.43. The van der Waals surface area contributed by atoms with Crippen LogP contribution in [0.2, 0.25) is 0 Å². The van der Waals surface area contributed by atoms with E-state index in [2.05, 4.69) is 20.6 Å². The van der Waals surface area contributed by atoms with Gasteiger partial charge >= 0.3 is 0 Å². The van der Waals surface area contributed by atoms with Crippen molar-refractivity contribution in [2.24, 2.45) is 0 Å². The number of aromatic nitrogens is 3. The zero-order chi connectivity index (χ0) is 25.9. The molecule has 0 spiro atoms. The van der Waals surface area contributed by atoms with E-state index in [1.807, 2.05) is 11.0 Å². The Kier molecular flexibility index (Phi) is 7.05. The van der Waals surface area contributed by atoms with Gasteiger partial charge in [0.15, 0.2) is 4.90 Å². The Hall–Kier alpha value is -3.98. The van der Waals surface area contributed by atoms with E-state index >= 15 is 0 Å². The summed E-state index contributed by atoms with van der Waals surface area (Å²) in [6.45, 7) is 3.14. The third kappa shape index (κ3) is 5.13. The summed E-state index contributed by atoms with van der Waals surface area (Å²) < 4.78 is 28.5. The van der Waals surface area contributed by atoms with Crippen LogP contribution in [0.15, 0.2) is 64.4 Å². The SMILES string of the molecule is C[S+]([O-])c1ccccc1Cn1c(=O)c(C#N)cc2cnc(Nc3ccc(N4CCNCC4)c(F)c3)nc21. The first-order chi connectivity index (χ1) is 17.9. The molecule has 1 aliphatic heterocycles. The molecule has 2 aromatic heterocycles. The normalized spacial score (nSPS) is 14.4. The van der Waals surface area contributed by atoms with Crippen LogP contribution < -0.4 is 21.1 Å². The van der Waals surface area contributed by atoms with E-state index in [0.717, 1.165) is 26.2 Å². The van der Waals surface area contributed by atoms with Crippen LogP contribution in [0.3, 0.4) is 0 Å². The van der Waals surface area contributed by atoms with Crippen LogP contribution in [-0.4, -0.2) is 51.5 Å². The summed E-state index contributed by atoms with van der Waals surface area (Å²) in [5.74, 6) is -0.181. The Morgan fingerprint density at radius 1 is 1.22 bits per heavy atom. The second kappa shape index (κ2) is 10.6. The molecule has 2 N–H and O–H groups in total. The van der Waals surface area contributed by atoms with Gasteiger partial charge in [-0.05, 0) is 41.5 Å². The average Bonchev–Trinajstić information content (AvgIpc) is 2.91. The topological polar surface area (TPSA) is 122 Å². The van der Waals surface area contributed by atoms with E-state index < -0.39 is 16.7 Å². The van der Waals surface area contributed by atoms with E-state index in [1.165, 1.54) is 22.9 Å². The summed E-state index contributed by atoms with van der Waals surface area (Å²) in [7, 11) is 0. The summed E-state index contributed by atoms with van der Waals surface area (Å²) >= 11 is -1.27. The minimum Gasteiger partial charge on any atom is -0.612 e. The van der Waals surface area contributed by atoms with Crippen molar-refractivity contribution >= 4 is 39.5 Å². The highest BCUT2D eigenvalue weighted by molar-refractivity contribution is 7.90. The van der Waals surface area contributed by atoms with Crippen molar-refractivity contribution in [1.82, 2.24) is 19.9 Å². The van der Waals surface area contributed by atoms with Crippen LogP contribution in [0.1, 0.15) is 11.1 Å². The quantitative estimate of drug-likeness (QED) is 0.375. The third-order valence-corrected chi connectivity index (χ3v) is 7.24. The number of pyridine rings is 1. The maximum atomic E-state index is 14.9. The highest BCUT2D eigenvalue weighted by atomic mass is 32.2. The number of rotatable bonds is 6. The monoisotopic (exact) mass is 517 g/mol. The van der Waals surface area contributed by atoms with Gasteiger partial charge in [-0.25, -0.2) is 9.37 Å². The Morgan fingerprint density at radius 3 is 2.73 bits per heavy atom. The molecular formula is C26H24FN7O2S.